The molecular formula is C13H15NO2. The van der Waals surface area contributed by atoms with E-state index in [1.165, 1.54) is 0 Å². The van der Waals surface area contributed by atoms with E-state index >= 15 is 0 Å². The highest BCUT2D eigenvalue weighted by Gasteiger charge is 2.25. The van der Waals surface area contributed by atoms with Gasteiger partial charge in [0.1, 0.15) is 5.75 Å². The topological polar surface area (TPSA) is 29.5 Å². The molecule has 0 N–H and O–H groups in total. The van der Waals surface area contributed by atoms with Crippen LogP contribution in [0.4, 0.5) is 5.69 Å². The molecule has 0 aromatic heterocycles. The number of anilines is 1. The second-order valence-corrected chi connectivity index (χ2v) is 3.74. The Morgan fingerprint density at radius 3 is 2.56 bits per heavy atom. The number of benzene rings is 1. The number of carbonyl (C=O) groups is 1. The Kier molecular flexibility index (Phi) is 2.95. The quantitative estimate of drug-likeness (QED) is 0.727. The van der Waals surface area contributed by atoms with Crippen LogP contribution < -0.4 is 9.64 Å². The predicted molar refractivity (Wildman–Crippen MR) is 63.7 cm³/mol. The summed E-state index contributed by atoms with van der Waals surface area (Å²) in [6.07, 6.45) is 0.756. The van der Waals surface area contributed by atoms with Crippen molar-refractivity contribution in [2.45, 2.75) is 13.3 Å². The van der Waals surface area contributed by atoms with Gasteiger partial charge in [-0.25, -0.2) is 0 Å². The summed E-state index contributed by atoms with van der Waals surface area (Å²) < 4.78 is 5.35. The fraction of sp³-hybridized carbons (Fsp3) is 0.308. The first-order valence-electron chi connectivity index (χ1n) is 5.45. The molecule has 16 heavy (non-hydrogen) atoms. The van der Waals surface area contributed by atoms with E-state index in [-0.39, 0.29) is 5.91 Å². The number of nitrogens with zero attached hydrogens (tertiary/aromatic N) is 1. The van der Waals surface area contributed by atoms with Crippen molar-refractivity contribution in [2.24, 2.45) is 0 Å². The van der Waals surface area contributed by atoms with Crippen LogP contribution in [0.2, 0.25) is 0 Å². The maximum Gasteiger partial charge on any atom is 0.253 e. The van der Waals surface area contributed by atoms with Crippen molar-refractivity contribution < 1.29 is 9.53 Å². The van der Waals surface area contributed by atoms with E-state index in [0.717, 1.165) is 24.4 Å². The highest BCUT2D eigenvalue weighted by Crippen LogP contribution is 2.25. The van der Waals surface area contributed by atoms with Crippen molar-refractivity contribution in [1.82, 2.24) is 0 Å². The summed E-state index contributed by atoms with van der Waals surface area (Å²) >= 11 is 0. The number of amides is 1. The summed E-state index contributed by atoms with van der Waals surface area (Å²) in [5, 5.41) is 0. The van der Waals surface area contributed by atoms with Gasteiger partial charge in [-0.3, -0.25) is 4.79 Å². The molecule has 0 unspecified atom stereocenters. The van der Waals surface area contributed by atoms with Gasteiger partial charge >= 0.3 is 0 Å². The molecule has 0 atom stereocenters. The monoisotopic (exact) mass is 217 g/mol. The summed E-state index contributed by atoms with van der Waals surface area (Å²) in [5.74, 6) is 0.862. The van der Waals surface area contributed by atoms with Crippen molar-refractivity contribution in [3.63, 3.8) is 0 Å². The lowest BCUT2D eigenvalue weighted by Gasteiger charge is -2.15. The van der Waals surface area contributed by atoms with Crippen LogP contribution in [0.1, 0.15) is 13.3 Å². The van der Waals surface area contributed by atoms with Gasteiger partial charge in [-0.15, -0.1) is 0 Å². The molecule has 0 spiro atoms. The van der Waals surface area contributed by atoms with Crippen molar-refractivity contribution >= 4 is 11.6 Å². The lowest BCUT2D eigenvalue weighted by Crippen LogP contribution is -2.24. The minimum absolute atomic E-state index is 0.0316. The number of ether oxygens (including phenoxy) is 1. The standard InChI is InChI=1S/C13H15NO2/c1-3-16-12-6-4-11(5-7-12)14-9-8-10(2)13(14)15/h4-7H,2-3,8-9H2,1H3. The molecule has 1 aliphatic rings. The van der Waals surface area contributed by atoms with Gasteiger partial charge in [-0.2, -0.15) is 0 Å². The van der Waals surface area contributed by atoms with Gasteiger partial charge in [-0.05, 0) is 37.6 Å². The summed E-state index contributed by atoms with van der Waals surface area (Å²) in [6.45, 7) is 7.07. The molecule has 1 amide bonds. The van der Waals surface area contributed by atoms with E-state index in [2.05, 4.69) is 6.58 Å². The maximum atomic E-state index is 11.7. The Morgan fingerprint density at radius 1 is 1.38 bits per heavy atom. The van der Waals surface area contributed by atoms with Crippen LogP contribution in [0, 0.1) is 0 Å². The van der Waals surface area contributed by atoms with Gasteiger partial charge in [0.25, 0.3) is 5.91 Å². The predicted octanol–water partition coefficient (Wildman–Crippen LogP) is 2.38. The van der Waals surface area contributed by atoms with Gasteiger partial charge in [0.15, 0.2) is 0 Å². The third kappa shape index (κ3) is 1.94. The average molecular weight is 217 g/mol. The normalized spacial score (nSPS) is 15.7. The van der Waals surface area contributed by atoms with E-state index in [1.807, 2.05) is 31.2 Å². The Bertz CT molecular complexity index is 408. The lowest BCUT2D eigenvalue weighted by atomic mass is 10.2. The molecule has 0 bridgehead atoms. The van der Waals surface area contributed by atoms with Crippen molar-refractivity contribution in [3.8, 4) is 5.75 Å². The van der Waals surface area contributed by atoms with E-state index in [4.69, 9.17) is 4.74 Å². The van der Waals surface area contributed by atoms with Crippen LogP contribution in [0.15, 0.2) is 36.4 Å². The first-order valence-corrected chi connectivity index (χ1v) is 5.45. The van der Waals surface area contributed by atoms with Gasteiger partial charge in [0.05, 0.1) is 6.61 Å². The highest BCUT2D eigenvalue weighted by atomic mass is 16.5. The van der Waals surface area contributed by atoms with Gasteiger partial charge in [0.2, 0.25) is 0 Å². The molecule has 1 aliphatic heterocycles. The molecule has 84 valence electrons. The van der Waals surface area contributed by atoms with Gasteiger partial charge < -0.3 is 9.64 Å². The van der Waals surface area contributed by atoms with E-state index in [9.17, 15) is 4.79 Å². The fourth-order valence-electron chi connectivity index (χ4n) is 1.78. The smallest absolute Gasteiger partial charge is 0.253 e. The summed E-state index contributed by atoms with van der Waals surface area (Å²) in [4.78, 5) is 13.5. The zero-order valence-electron chi connectivity index (χ0n) is 9.40. The second kappa shape index (κ2) is 4.39. The molecule has 1 aromatic carbocycles. The van der Waals surface area contributed by atoms with Crippen LogP contribution in [0.25, 0.3) is 0 Å². The van der Waals surface area contributed by atoms with Crippen molar-refractivity contribution in [1.29, 1.82) is 0 Å². The Balaban J connectivity index is 2.16. The minimum Gasteiger partial charge on any atom is -0.494 e. The summed E-state index contributed by atoms with van der Waals surface area (Å²) in [5.41, 5.74) is 1.60. The zero-order chi connectivity index (χ0) is 11.5. The first kappa shape index (κ1) is 10.7. The van der Waals surface area contributed by atoms with Gasteiger partial charge in [-0.1, -0.05) is 6.58 Å². The number of hydrogen-bond donors (Lipinski definition) is 0. The van der Waals surface area contributed by atoms with E-state index < -0.39 is 0 Å². The average Bonchev–Trinajstić information content (AvgIpc) is 2.62. The molecule has 1 saturated heterocycles. The Hall–Kier alpha value is -1.77. The summed E-state index contributed by atoms with van der Waals surface area (Å²) in [7, 11) is 0. The van der Waals surface area contributed by atoms with Crippen LogP contribution in [-0.4, -0.2) is 19.1 Å². The molecule has 3 nitrogen and oxygen atoms in total. The maximum absolute atomic E-state index is 11.7. The molecule has 2 rings (SSSR count). The zero-order valence-corrected chi connectivity index (χ0v) is 9.40. The Morgan fingerprint density at radius 2 is 2.06 bits per heavy atom. The molecule has 0 aliphatic carbocycles. The fourth-order valence-corrected chi connectivity index (χ4v) is 1.78. The molecule has 0 saturated carbocycles. The molecular weight excluding hydrogens is 202 g/mol. The molecule has 1 aromatic rings. The number of hydrogen-bond acceptors (Lipinski definition) is 2. The molecule has 1 fully saturated rings. The first-order chi connectivity index (χ1) is 7.72. The second-order valence-electron chi connectivity index (χ2n) is 3.74. The number of rotatable bonds is 3. The van der Waals surface area contributed by atoms with Crippen molar-refractivity contribution in [3.05, 3.63) is 36.4 Å². The number of carbonyl (C=O) groups excluding carboxylic acids is 1. The van der Waals surface area contributed by atoms with Crippen molar-refractivity contribution in [2.75, 3.05) is 18.1 Å². The van der Waals surface area contributed by atoms with Crippen LogP contribution in [-0.2, 0) is 4.79 Å². The lowest BCUT2D eigenvalue weighted by molar-refractivity contribution is -0.114. The van der Waals surface area contributed by atoms with Crippen LogP contribution >= 0.6 is 0 Å². The molecule has 1 heterocycles. The molecule has 0 radical (unpaired) electrons. The Labute approximate surface area is 95.3 Å². The third-order valence-corrected chi connectivity index (χ3v) is 2.64. The van der Waals surface area contributed by atoms with Gasteiger partial charge in [0, 0.05) is 17.8 Å². The third-order valence-electron chi connectivity index (χ3n) is 2.64. The van der Waals surface area contributed by atoms with Crippen LogP contribution in [0.5, 0.6) is 5.75 Å². The van der Waals surface area contributed by atoms with E-state index in [1.54, 1.807) is 4.90 Å². The highest BCUT2D eigenvalue weighted by molar-refractivity contribution is 6.07. The van der Waals surface area contributed by atoms with E-state index in [0.29, 0.717) is 12.2 Å². The molecule has 3 heteroatoms. The SMILES string of the molecule is C=C1CCN(c2ccc(OCC)cc2)C1=O. The largest absolute Gasteiger partial charge is 0.494 e. The van der Waals surface area contributed by atoms with Crippen LogP contribution in [0.3, 0.4) is 0 Å². The summed E-state index contributed by atoms with van der Waals surface area (Å²) in [6, 6.07) is 7.57. The minimum atomic E-state index is 0.0316.